The summed E-state index contributed by atoms with van der Waals surface area (Å²) < 4.78 is 6.10. The molecule has 1 atom stereocenters. The van der Waals surface area contributed by atoms with Crippen LogP contribution < -0.4 is 5.73 Å². The first-order chi connectivity index (χ1) is 14.0. The van der Waals surface area contributed by atoms with Gasteiger partial charge in [0.25, 0.3) is 0 Å². The largest absolute Gasteiger partial charge is 0.444 e. The molecule has 4 rings (SSSR count). The van der Waals surface area contributed by atoms with E-state index in [0.717, 1.165) is 23.4 Å². The molecule has 1 aliphatic rings. The molecule has 3 aromatic rings. The lowest BCUT2D eigenvalue weighted by Crippen LogP contribution is -2.20. The first-order valence-corrected chi connectivity index (χ1v) is 9.42. The van der Waals surface area contributed by atoms with E-state index in [1.807, 2.05) is 69.7 Å². The highest BCUT2D eigenvalue weighted by atomic mass is 16.5. The zero-order chi connectivity index (χ0) is 20.4. The maximum Gasteiger partial charge on any atom is 0.240 e. The van der Waals surface area contributed by atoms with Crippen LogP contribution >= 0.6 is 0 Å². The van der Waals surface area contributed by atoms with Crippen molar-refractivity contribution in [3.8, 4) is 11.3 Å². The molecule has 0 aliphatic carbocycles. The van der Waals surface area contributed by atoms with E-state index in [1.54, 1.807) is 11.2 Å². The first kappa shape index (κ1) is 18.9. The number of nitrogen functional groups attached to an aromatic ring is 1. The lowest BCUT2D eigenvalue weighted by molar-refractivity contribution is 0.0744. The molecule has 2 N–H and O–H groups in total. The van der Waals surface area contributed by atoms with E-state index in [-0.39, 0.29) is 0 Å². The molecule has 7 nitrogen and oxygen atoms in total. The van der Waals surface area contributed by atoms with E-state index in [4.69, 9.17) is 15.5 Å². The van der Waals surface area contributed by atoms with Crippen LogP contribution in [-0.2, 0) is 11.3 Å². The van der Waals surface area contributed by atoms with Gasteiger partial charge in [-0.25, -0.2) is 9.97 Å². The summed E-state index contributed by atoms with van der Waals surface area (Å²) in [7, 11) is 5.93. The molecule has 1 aromatic heterocycles. The van der Waals surface area contributed by atoms with Crippen LogP contribution in [0.1, 0.15) is 23.0 Å². The highest BCUT2D eigenvalue weighted by Gasteiger charge is 2.31. The third kappa shape index (κ3) is 3.90. The van der Waals surface area contributed by atoms with Gasteiger partial charge < -0.3 is 15.4 Å². The second-order valence-corrected chi connectivity index (χ2v) is 7.24. The molecule has 2 aromatic carbocycles. The van der Waals surface area contributed by atoms with Crippen LogP contribution in [0.15, 0.2) is 65.9 Å². The van der Waals surface area contributed by atoms with E-state index in [2.05, 4.69) is 21.1 Å². The van der Waals surface area contributed by atoms with Crippen LogP contribution in [0.5, 0.6) is 0 Å². The Balaban J connectivity index is 1.67. The third-order valence-corrected chi connectivity index (χ3v) is 4.68. The Labute approximate surface area is 170 Å². The quantitative estimate of drug-likeness (QED) is 0.723. The molecule has 0 spiro atoms. The standard InChI is InChI=1S/C22H24N6O/c1-27(2)14-16-11-7-8-12-17(16)18-13-24-20(23)19(25-18)22-28(3)26-21(29-22)15-9-5-4-6-10-15/h4-13,22H,14H2,1-3H3,(H2,23,24). The number of nitrogens with zero attached hydrogens (tertiary/aromatic N) is 5. The Hall–Kier alpha value is -3.45. The Bertz CT molecular complexity index is 1030. The fourth-order valence-corrected chi connectivity index (χ4v) is 3.31. The van der Waals surface area contributed by atoms with Crippen LogP contribution in [0.4, 0.5) is 5.82 Å². The average molecular weight is 388 g/mol. The summed E-state index contributed by atoms with van der Waals surface area (Å²) in [6, 6.07) is 17.9. The van der Waals surface area contributed by atoms with E-state index >= 15 is 0 Å². The molecular formula is C22H24N6O. The molecule has 148 valence electrons. The predicted molar refractivity (Wildman–Crippen MR) is 114 cm³/mol. The number of hydrogen-bond donors (Lipinski definition) is 1. The molecule has 0 bridgehead atoms. The molecule has 29 heavy (non-hydrogen) atoms. The third-order valence-electron chi connectivity index (χ3n) is 4.68. The van der Waals surface area contributed by atoms with Crippen LogP contribution in [0, 0.1) is 0 Å². The molecule has 0 radical (unpaired) electrons. The van der Waals surface area contributed by atoms with Gasteiger partial charge in [0.2, 0.25) is 12.1 Å². The Morgan fingerprint density at radius 1 is 1.07 bits per heavy atom. The van der Waals surface area contributed by atoms with Gasteiger partial charge in [-0.3, -0.25) is 5.01 Å². The van der Waals surface area contributed by atoms with Gasteiger partial charge in [-0.2, -0.15) is 0 Å². The van der Waals surface area contributed by atoms with Crippen molar-refractivity contribution >= 4 is 11.7 Å². The minimum atomic E-state index is -0.529. The number of anilines is 1. The fourth-order valence-electron chi connectivity index (χ4n) is 3.31. The highest BCUT2D eigenvalue weighted by molar-refractivity contribution is 5.94. The molecule has 1 aliphatic heterocycles. The molecular weight excluding hydrogens is 364 g/mol. The molecule has 7 heteroatoms. The van der Waals surface area contributed by atoms with Crippen LogP contribution in [0.25, 0.3) is 11.3 Å². The molecule has 0 saturated carbocycles. The van der Waals surface area contributed by atoms with E-state index in [0.29, 0.717) is 17.4 Å². The predicted octanol–water partition coefficient (Wildman–Crippen LogP) is 3.11. The molecule has 0 amide bonds. The first-order valence-electron chi connectivity index (χ1n) is 9.42. The summed E-state index contributed by atoms with van der Waals surface area (Å²) in [5.41, 5.74) is 10.6. The molecule has 2 heterocycles. The van der Waals surface area contributed by atoms with Gasteiger partial charge in [0.05, 0.1) is 11.9 Å². The van der Waals surface area contributed by atoms with Crippen molar-refractivity contribution in [1.82, 2.24) is 19.9 Å². The van der Waals surface area contributed by atoms with Gasteiger partial charge in [-0.1, -0.05) is 42.5 Å². The summed E-state index contributed by atoms with van der Waals surface area (Å²) in [4.78, 5) is 11.3. The van der Waals surface area contributed by atoms with E-state index in [9.17, 15) is 0 Å². The number of benzene rings is 2. The number of rotatable bonds is 5. The molecule has 0 saturated heterocycles. The van der Waals surface area contributed by atoms with Gasteiger partial charge >= 0.3 is 0 Å². The second-order valence-electron chi connectivity index (χ2n) is 7.24. The van der Waals surface area contributed by atoms with Crippen molar-refractivity contribution in [1.29, 1.82) is 0 Å². The summed E-state index contributed by atoms with van der Waals surface area (Å²) >= 11 is 0. The summed E-state index contributed by atoms with van der Waals surface area (Å²) in [6.45, 7) is 0.804. The SMILES string of the molecule is CN(C)Cc1ccccc1-c1cnc(N)c(C2OC(c3ccccc3)=NN2C)n1. The van der Waals surface area contributed by atoms with Gasteiger partial charge in [-0.05, 0) is 31.8 Å². The van der Waals surface area contributed by atoms with E-state index in [1.165, 1.54) is 5.56 Å². The number of hydrazone groups is 1. The maximum atomic E-state index is 6.17. The van der Waals surface area contributed by atoms with Crippen molar-refractivity contribution in [2.24, 2.45) is 5.10 Å². The zero-order valence-corrected chi connectivity index (χ0v) is 16.8. The number of nitrogens with two attached hydrogens (primary N) is 1. The maximum absolute atomic E-state index is 6.17. The topological polar surface area (TPSA) is 79.9 Å². The van der Waals surface area contributed by atoms with Crippen molar-refractivity contribution in [2.75, 3.05) is 26.9 Å². The van der Waals surface area contributed by atoms with Crippen molar-refractivity contribution in [3.05, 3.63) is 77.6 Å². The van der Waals surface area contributed by atoms with E-state index < -0.39 is 6.23 Å². The van der Waals surface area contributed by atoms with Gasteiger partial charge in [0, 0.05) is 24.7 Å². The van der Waals surface area contributed by atoms with Gasteiger partial charge in [0.1, 0.15) is 5.69 Å². The van der Waals surface area contributed by atoms with Crippen LogP contribution in [0.3, 0.4) is 0 Å². The molecule has 0 fully saturated rings. The minimum Gasteiger partial charge on any atom is -0.444 e. The second kappa shape index (κ2) is 7.89. The highest BCUT2D eigenvalue weighted by Crippen LogP contribution is 2.32. The summed E-state index contributed by atoms with van der Waals surface area (Å²) in [5, 5.41) is 6.24. The Kier molecular flexibility index (Phi) is 5.14. The normalized spacial score (nSPS) is 16.1. The van der Waals surface area contributed by atoms with Gasteiger partial charge in [0.15, 0.2) is 5.82 Å². The zero-order valence-electron chi connectivity index (χ0n) is 16.8. The number of hydrogen-bond acceptors (Lipinski definition) is 7. The Morgan fingerprint density at radius 2 is 1.79 bits per heavy atom. The van der Waals surface area contributed by atoms with Crippen molar-refractivity contribution < 1.29 is 4.74 Å². The smallest absolute Gasteiger partial charge is 0.240 e. The lowest BCUT2D eigenvalue weighted by atomic mass is 10.0. The summed E-state index contributed by atoms with van der Waals surface area (Å²) in [6.07, 6.45) is 1.18. The van der Waals surface area contributed by atoms with Gasteiger partial charge in [-0.15, -0.1) is 5.10 Å². The van der Waals surface area contributed by atoms with Crippen LogP contribution in [-0.4, -0.2) is 46.9 Å². The Morgan fingerprint density at radius 3 is 2.55 bits per heavy atom. The van der Waals surface area contributed by atoms with Crippen LogP contribution in [0.2, 0.25) is 0 Å². The fraction of sp³-hybridized carbons (Fsp3) is 0.227. The minimum absolute atomic E-state index is 0.334. The average Bonchev–Trinajstić information content (AvgIpc) is 3.11. The monoisotopic (exact) mass is 388 g/mol. The number of aromatic nitrogens is 2. The number of ether oxygens (including phenoxy) is 1. The molecule has 1 unspecified atom stereocenters. The summed E-state index contributed by atoms with van der Waals surface area (Å²) in [5.74, 6) is 0.873. The lowest BCUT2D eigenvalue weighted by Gasteiger charge is -2.19. The van der Waals surface area contributed by atoms with Crippen molar-refractivity contribution in [3.63, 3.8) is 0 Å². The van der Waals surface area contributed by atoms with Crippen molar-refractivity contribution in [2.45, 2.75) is 12.8 Å².